The Morgan fingerprint density at radius 3 is 1.37 bits per heavy atom. The Labute approximate surface area is 398 Å². The number of halogens is 5. The summed E-state index contributed by atoms with van der Waals surface area (Å²) in [5.74, 6) is 0. The summed E-state index contributed by atoms with van der Waals surface area (Å²) in [5.41, 5.74) is 8.56. The van der Waals surface area contributed by atoms with Gasteiger partial charge in [0, 0.05) is 72.3 Å². The molecule has 0 radical (unpaired) electrons. The average Bonchev–Trinajstić information content (AvgIpc) is 3.17. The fourth-order valence-corrected chi connectivity index (χ4v) is 6.60. The highest BCUT2D eigenvalue weighted by atomic mass is 127. The van der Waals surface area contributed by atoms with E-state index in [4.69, 9.17) is 5.73 Å². The Morgan fingerprint density at radius 1 is 0.593 bits per heavy atom. The Balaban J connectivity index is 0.000000369. The van der Waals surface area contributed by atoms with Gasteiger partial charge in [-0.1, -0.05) is 34.1 Å². The summed E-state index contributed by atoms with van der Waals surface area (Å²) < 4.78 is 3.29. The Bertz CT molecular complexity index is 2280. The van der Waals surface area contributed by atoms with Crippen LogP contribution >= 0.6 is 106 Å². The molecule has 5 aromatic rings. The van der Waals surface area contributed by atoms with Crippen molar-refractivity contribution in [3.8, 4) is 0 Å². The van der Waals surface area contributed by atoms with Crippen LogP contribution in [0.2, 0.25) is 0 Å². The SMILES string of the molecule is CC(O)c1ccc(I)cc1[N+](=O)[O-].Cc1ccc(I)cc1[N+](=O)[O-].Cc1ccc(N)cc1[N+](=O)[O-].O=Cc1ccc(I)cc1[N+](=O)[O-].O=[N+]([O-])c1cc(I)ccc1CBr. The molecule has 18 nitrogen and oxygen atoms in total. The van der Waals surface area contributed by atoms with Crippen molar-refractivity contribution in [2.45, 2.75) is 32.2 Å². The molecule has 0 spiro atoms. The number of benzene rings is 5. The van der Waals surface area contributed by atoms with Crippen LogP contribution in [0.4, 0.5) is 34.1 Å². The molecule has 0 aliphatic heterocycles. The van der Waals surface area contributed by atoms with E-state index < -0.39 is 20.9 Å². The number of rotatable bonds is 8. The lowest BCUT2D eigenvalue weighted by Gasteiger charge is -2.05. The molecule has 23 heteroatoms. The zero-order valence-electron chi connectivity index (χ0n) is 30.7. The molecule has 1 atom stereocenters. The van der Waals surface area contributed by atoms with E-state index in [2.05, 4.69) is 61.1 Å². The number of nitro groups is 5. The monoisotopic (exact) mass is 1330 g/mol. The van der Waals surface area contributed by atoms with E-state index in [0.717, 1.165) is 14.3 Å². The van der Waals surface area contributed by atoms with Crippen molar-refractivity contribution in [1.29, 1.82) is 0 Å². The number of nitrogen functional groups attached to an aromatic ring is 1. The van der Waals surface area contributed by atoms with Crippen LogP contribution in [0.15, 0.2) is 91.0 Å². The fourth-order valence-electron chi connectivity index (χ4n) is 4.23. The highest BCUT2D eigenvalue weighted by molar-refractivity contribution is 14.1. The van der Waals surface area contributed by atoms with Gasteiger partial charge >= 0.3 is 0 Å². The van der Waals surface area contributed by atoms with Crippen molar-refractivity contribution < 1.29 is 34.5 Å². The number of hydrogen-bond donors (Lipinski definition) is 2. The molecule has 3 N–H and O–H groups in total. The van der Waals surface area contributed by atoms with E-state index in [1.165, 1.54) is 31.2 Å². The van der Waals surface area contributed by atoms with Crippen LogP contribution in [0.5, 0.6) is 0 Å². The molecule has 0 aliphatic rings. The van der Waals surface area contributed by atoms with Crippen molar-refractivity contribution >= 4 is 147 Å². The second-order valence-corrected chi connectivity index (χ2v) is 16.9. The third-order valence-corrected chi connectivity index (χ3v) is 10.4. The summed E-state index contributed by atoms with van der Waals surface area (Å²) in [6.45, 7) is 4.92. The molecule has 0 bridgehead atoms. The highest BCUT2D eigenvalue weighted by Crippen LogP contribution is 2.27. The first-order valence-electron chi connectivity index (χ1n) is 15.9. The van der Waals surface area contributed by atoms with Gasteiger partial charge in [-0.05, 0) is 154 Å². The minimum absolute atomic E-state index is 0.0260. The van der Waals surface area contributed by atoms with Gasteiger partial charge in [-0.2, -0.15) is 0 Å². The Kier molecular flexibility index (Phi) is 23.5. The lowest BCUT2D eigenvalue weighted by atomic mass is 10.1. The number of carbonyl (C=O) groups is 1. The molecular formula is C36H31BrI4N6O12. The maximum absolute atomic E-state index is 10.6. The van der Waals surface area contributed by atoms with E-state index in [-0.39, 0.29) is 43.8 Å². The van der Waals surface area contributed by atoms with E-state index in [1.807, 2.05) is 57.3 Å². The van der Waals surface area contributed by atoms with Gasteiger partial charge in [-0.15, -0.1) is 0 Å². The molecule has 0 aromatic heterocycles. The van der Waals surface area contributed by atoms with Gasteiger partial charge in [0.2, 0.25) is 0 Å². The molecule has 0 fully saturated rings. The molecule has 0 aliphatic carbocycles. The van der Waals surface area contributed by atoms with Crippen molar-refractivity contribution in [1.82, 2.24) is 0 Å². The fraction of sp³-hybridized carbons (Fsp3) is 0.139. The number of aliphatic hydroxyl groups is 1. The average molecular weight is 1330 g/mol. The topological polar surface area (TPSA) is 279 Å². The van der Waals surface area contributed by atoms with Crippen LogP contribution < -0.4 is 5.73 Å². The smallest absolute Gasteiger partial charge is 0.280 e. The van der Waals surface area contributed by atoms with Crippen LogP contribution in [0.25, 0.3) is 0 Å². The highest BCUT2D eigenvalue weighted by Gasteiger charge is 2.17. The van der Waals surface area contributed by atoms with Crippen LogP contribution in [0.3, 0.4) is 0 Å². The van der Waals surface area contributed by atoms with Crippen LogP contribution in [-0.4, -0.2) is 36.0 Å². The number of anilines is 1. The summed E-state index contributed by atoms with van der Waals surface area (Å²) >= 11 is 11.2. The van der Waals surface area contributed by atoms with Crippen molar-refractivity contribution in [2.75, 3.05) is 5.73 Å². The molecular weight excluding hydrogens is 1300 g/mol. The molecule has 5 aromatic carbocycles. The predicted molar refractivity (Wildman–Crippen MR) is 259 cm³/mol. The number of nitrogens with zero attached hydrogens (tertiary/aromatic N) is 5. The standard InChI is InChI=1S/C8H8INO3.C7H5BrINO2.C7H4INO3.C7H6INO2.C7H8N2O2/c1-5(11)7-3-2-6(9)4-8(7)10(12)13;8-4-5-1-2-6(9)3-7(5)10(11)12;8-6-2-1-5(4-10)7(3-6)9(11)12;2*1-5-2-3-6(8)4-7(5)9(10)11/h2-5,11H,1H3;1-3H,4H2;1-4H;2-4H,1H3;2-4H,8H2,1H3. The Hall–Kier alpha value is -4.07. The molecule has 59 heavy (non-hydrogen) atoms. The number of aldehydes is 1. The van der Waals surface area contributed by atoms with Gasteiger partial charge in [-0.25, -0.2) is 0 Å². The third-order valence-electron chi connectivity index (χ3n) is 7.14. The first-order valence-corrected chi connectivity index (χ1v) is 21.4. The largest absolute Gasteiger partial charge is 0.399 e. The van der Waals surface area contributed by atoms with Crippen LogP contribution in [0, 0.1) is 78.7 Å². The van der Waals surface area contributed by atoms with E-state index >= 15 is 0 Å². The van der Waals surface area contributed by atoms with Gasteiger partial charge < -0.3 is 10.8 Å². The summed E-state index contributed by atoms with van der Waals surface area (Å²) in [5, 5.41) is 61.9. The minimum atomic E-state index is -0.808. The van der Waals surface area contributed by atoms with Crippen molar-refractivity contribution in [3.63, 3.8) is 0 Å². The van der Waals surface area contributed by atoms with Crippen LogP contribution in [0.1, 0.15) is 45.6 Å². The minimum Gasteiger partial charge on any atom is -0.399 e. The maximum Gasteiger partial charge on any atom is 0.280 e. The summed E-state index contributed by atoms with van der Waals surface area (Å²) in [4.78, 5) is 60.3. The molecule has 1 unspecified atom stereocenters. The third kappa shape index (κ3) is 18.4. The normalized spacial score (nSPS) is 10.3. The predicted octanol–water partition coefficient (Wildman–Crippen LogP) is 11.4. The second-order valence-electron chi connectivity index (χ2n) is 11.4. The van der Waals surface area contributed by atoms with Crippen molar-refractivity contribution in [2.24, 2.45) is 0 Å². The first kappa shape index (κ1) is 52.9. The van der Waals surface area contributed by atoms with E-state index in [9.17, 15) is 60.5 Å². The second kappa shape index (κ2) is 26.2. The number of carbonyl (C=O) groups excluding carboxylic acids is 1. The lowest BCUT2D eigenvalue weighted by Crippen LogP contribution is -1.99. The molecule has 0 saturated heterocycles. The number of alkyl halides is 1. The van der Waals surface area contributed by atoms with Gasteiger partial charge in [0.1, 0.15) is 0 Å². The number of nitro benzene ring substituents is 5. The number of aryl methyl sites for hydroxylation is 2. The lowest BCUT2D eigenvalue weighted by molar-refractivity contribution is -0.386. The molecule has 0 amide bonds. The summed E-state index contributed by atoms with van der Waals surface area (Å²) in [6.07, 6.45) is -0.328. The van der Waals surface area contributed by atoms with Gasteiger partial charge in [0.25, 0.3) is 28.4 Å². The first-order chi connectivity index (χ1) is 27.5. The molecule has 312 valence electrons. The zero-order chi connectivity index (χ0) is 45.1. The number of aliphatic hydroxyl groups excluding tert-OH is 1. The van der Waals surface area contributed by atoms with Gasteiger partial charge in [0.15, 0.2) is 6.29 Å². The molecule has 0 heterocycles. The summed E-state index contributed by atoms with van der Waals surface area (Å²) in [6, 6.07) is 24.2. The summed E-state index contributed by atoms with van der Waals surface area (Å²) in [7, 11) is 0. The van der Waals surface area contributed by atoms with E-state index in [1.54, 1.807) is 68.4 Å². The number of hydrogen-bond acceptors (Lipinski definition) is 13. The van der Waals surface area contributed by atoms with Crippen molar-refractivity contribution in [3.05, 3.63) is 184 Å². The van der Waals surface area contributed by atoms with E-state index in [0.29, 0.717) is 39.6 Å². The maximum atomic E-state index is 10.6. The zero-order valence-corrected chi connectivity index (χ0v) is 40.9. The molecule has 0 saturated carbocycles. The van der Waals surface area contributed by atoms with Gasteiger partial charge in [0.05, 0.1) is 41.8 Å². The number of nitrogens with two attached hydrogens (primary N) is 1. The Morgan fingerprint density at radius 2 is 0.966 bits per heavy atom. The van der Waals surface area contributed by atoms with Gasteiger partial charge in [-0.3, -0.25) is 55.4 Å². The molecule has 5 rings (SSSR count). The van der Waals surface area contributed by atoms with Crippen LogP contribution in [-0.2, 0) is 5.33 Å². The quantitative estimate of drug-likeness (QED) is 0.0365.